The highest BCUT2D eigenvalue weighted by Gasteiger charge is 2.27. The van der Waals surface area contributed by atoms with Gasteiger partial charge in [-0.2, -0.15) is 0 Å². The van der Waals surface area contributed by atoms with Gasteiger partial charge in [0.05, 0.1) is 5.54 Å². The van der Waals surface area contributed by atoms with Crippen LogP contribution in [0, 0.1) is 0 Å². The van der Waals surface area contributed by atoms with E-state index in [2.05, 4.69) is 5.16 Å². The molecular formula is C7H17N3O. The van der Waals surface area contributed by atoms with Crippen LogP contribution in [0.25, 0.3) is 0 Å². The van der Waals surface area contributed by atoms with E-state index in [4.69, 9.17) is 10.9 Å². The fourth-order valence-electron chi connectivity index (χ4n) is 0.713. The molecule has 66 valence electrons. The van der Waals surface area contributed by atoms with E-state index in [0.29, 0.717) is 0 Å². The molecule has 0 saturated heterocycles. The highest BCUT2D eigenvalue weighted by atomic mass is 16.4. The van der Waals surface area contributed by atoms with Crippen LogP contribution in [0.1, 0.15) is 20.8 Å². The molecule has 0 atom stereocenters. The molecule has 11 heavy (non-hydrogen) atoms. The third-order valence-electron chi connectivity index (χ3n) is 2.16. The lowest BCUT2D eigenvalue weighted by Crippen LogP contribution is -2.51. The molecule has 0 aliphatic heterocycles. The van der Waals surface area contributed by atoms with Crippen LogP contribution in [0.3, 0.4) is 0 Å². The van der Waals surface area contributed by atoms with E-state index in [1.165, 1.54) is 0 Å². The van der Waals surface area contributed by atoms with E-state index in [0.717, 1.165) is 6.54 Å². The van der Waals surface area contributed by atoms with Crippen LogP contribution in [0.5, 0.6) is 0 Å². The Morgan fingerprint density at radius 2 is 2.09 bits per heavy atom. The SMILES string of the molecule is CCN(C)C(C)(C)/C(N)=N/O. The Morgan fingerprint density at radius 1 is 1.64 bits per heavy atom. The minimum absolute atomic E-state index is 0.238. The van der Waals surface area contributed by atoms with Gasteiger partial charge in [-0.15, -0.1) is 0 Å². The van der Waals surface area contributed by atoms with Crippen molar-refractivity contribution >= 4 is 5.84 Å². The summed E-state index contributed by atoms with van der Waals surface area (Å²) in [6.45, 7) is 6.70. The molecule has 0 radical (unpaired) electrons. The molecule has 0 aliphatic rings. The zero-order valence-electron chi connectivity index (χ0n) is 7.63. The summed E-state index contributed by atoms with van der Waals surface area (Å²) < 4.78 is 0. The van der Waals surface area contributed by atoms with E-state index in [1.807, 2.05) is 32.7 Å². The molecule has 0 saturated carbocycles. The Bertz CT molecular complexity index is 154. The van der Waals surface area contributed by atoms with Crippen molar-refractivity contribution in [3.05, 3.63) is 0 Å². The van der Waals surface area contributed by atoms with Crippen LogP contribution in [-0.2, 0) is 0 Å². The van der Waals surface area contributed by atoms with Gasteiger partial charge in [0.25, 0.3) is 0 Å². The van der Waals surface area contributed by atoms with E-state index < -0.39 is 0 Å². The molecule has 0 heterocycles. The Morgan fingerprint density at radius 3 is 2.36 bits per heavy atom. The van der Waals surface area contributed by atoms with E-state index in [1.54, 1.807) is 0 Å². The van der Waals surface area contributed by atoms with Crippen LogP contribution >= 0.6 is 0 Å². The van der Waals surface area contributed by atoms with Gasteiger partial charge in [0, 0.05) is 0 Å². The highest BCUT2D eigenvalue weighted by molar-refractivity contribution is 5.88. The summed E-state index contributed by atoms with van der Waals surface area (Å²) in [6, 6.07) is 0. The summed E-state index contributed by atoms with van der Waals surface area (Å²) >= 11 is 0. The molecule has 4 nitrogen and oxygen atoms in total. The molecular weight excluding hydrogens is 142 g/mol. The number of rotatable bonds is 3. The molecule has 0 aromatic heterocycles. The largest absolute Gasteiger partial charge is 0.409 e. The minimum atomic E-state index is -0.372. The molecule has 0 aliphatic carbocycles. The predicted molar refractivity (Wildman–Crippen MR) is 45.8 cm³/mol. The first-order valence-corrected chi connectivity index (χ1v) is 3.66. The average molecular weight is 159 g/mol. The van der Waals surface area contributed by atoms with Crippen molar-refractivity contribution in [3.8, 4) is 0 Å². The quantitative estimate of drug-likeness (QED) is 0.272. The Labute approximate surface area is 67.7 Å². The van der Waals surface area contributed by atoms with Gasteiger partial charge in [0.2, 0.25) is 0 Å². The lowest BCUT2D eigenvalue weighted by molar-refractivity contribution is 0.221. The predicted octanol–water partition coefficient (Wildman–Crippen LogP) is 0.463. The van der Waals surface area contributed by atoms with Crippen LogP contribution in [0.2, 0.25) is 0 Å². The Hall–Kier alpha value is -0.770. The lowest BCUT2D eigenvalue weighted by Gasteiger charge is -2.33. The van der Waals surface area contributed by atoms with Gasteiger partial charge in [-0.05, 0) is 27.4 Å². The third-order valence-corrected chi connectivity index (χ3v) is 2.16. The number of hydrogen-bond acceptors (Lipinski definition) is 3. The van der Waals surface area contributed by atoms with Gasteiger partial charge < -0.3 is 10.9 Å². The topological polar surface area (TPSA) is 61.8 Å². The summed E-state index contributed by atoms with van der Waals surface area (Å²) in [6.07, 6.45) is 0. The first-order valence-electron chi connectivity index (χ1n) is 3.66. The van der Waals surface area contributed by atoms with E-state index >= 15 is 0 Å². The fraction of sp³-hybridized carbons (Fsp3) is 0.857. The summed E-state index contributed by atoms with van der Waals surface area (Å²) in [5.74, 6) is 0.238. The first kappa shape index (κ1) is 10.2. The Kier molecular flexibility index (Phi) is 3.32. The molecule has 0 rings (SSSR count). The second-order valence-corrected chi connectivity index (χ2v) is 3.06. The number of hydrogen-bond donors (Lipinski definition) is 2. The van der Waals surface area contributed by atoms with Crippen LogP contribution in [-0.4, -0.2) is 35.1 Å². The molecule has 4 heteroatoms. The van der Waals surface area contributed by atoms with Crippen LogP contribution < -0.4 is 5.73 Å². The van der Waals surface area contributed by atoms with E-state index in [9.17, 15) is 0 Å². The van der Waals surface area contributed by atoms with Gasteiger partial charge in [-0.1, -0.05) is 12.1 Å². The van der Waals surface area contributed by atoms with Gasteiger partial charge >= 0.3 is 0 Å². The first-order chi connectivity index (χ1) is 4.96. The van der Waals surface area contributed by atoms with Crippen LogP contribution in [0.15, 0.2) is 5.16 Å². The van der Waals surface area contributed by atoms with Gasteiger partial charge in [0.15, 0.2) is 5.84 Å². The molecule has 3 N–H and O–H groups in total. The molecule has 0 amide bonds. The molecule has 0 fully saturated rings. The third kappa shape index (κ3) is 2.08. The minimum Gasteiger partial charge on any atom is -0.409 e. The Balaban J connectivity index is 4.44. The summed E-state index contributed by atoms with van der Waals surface area (Å²) in [7, 11) is 1.93. The van der Waals surface area contributed by atoms with Crippen molar-refractivity contribution in [2.24, 2.45) is 10.9 Å². The smallest absolute Gasteiger partial charge is 0.159 e. The molecule has 0 aromatic rings. The number of oxime groups is 1. The molecule has 0 aromatic carbocycles. The van der Waals surface area contributed by atoms with Crippen LogP contribution in [0.4, 0.5) is 0 Å². The maximum absolute atomic E-state index is 8.45. The fourth-order valence-corrected chi connectivity index (χ4v) is 0.713. The van der Waals surface area contributed by atoms with Gasteiger partial charge in [-0.3, -0.25) is 4.90 Å². The van der Waals surface area contributed by atoms with Crippen molar-refractivity contribution in [2.75, 3.05) is 13.6 Å². The summed E-state index contributed by atoms with van der Waals surface area (Å²) in [5, 5.41) is 11.4. The van der Waals surface area contributed by atoms with Gasteiger partial charge in [-0.25, -0.2) is 0 Å². The number of nitrogens with zero attached hydrogens (tertiary/aromatic N) is 2. The number of amidine groups is 1. The lowest BCUT2D eigenvalue weighted by atomic mass is 10.0. The van der Waals surface area contributed by atoms with Crippen molar-refractivity contribution in [2.45, 2.75) is 26.3 Å². The highest BCUT2D eigenvalue weighted by Crippen LogP contribution is 2.10. The molecule has 0 bridgehead atoms. The number of nitrogens with two attached hydrogens (primary N) is 1. The zero-order chi connectivity index (χ0) is 9.07. The zero-order valence-corrected chi connectivity index (χ0v) is 7.63. The van der Waals surface area contributed by atoms with Crippen molar-refractivity contribution in [1.82, 2.24) is 4.90 Å². The normalized spacial score (nSPS) is 14.1. The summed E-state index contributed by atoms with van der Waals surface area (Å²) in [5.41, 5.74) is 5.11. The molecule has 0 unspecified atom stereocenters. The van der Waals surface area contributed by atoms with E-state index in [-0.39, 0.29) is 11.4 Å². The van der Waals surface area contributed by atoms with Crippen molar-refractivity contribution in [1.29, 1.82) is 0 Å². The number of likely N-dealkylation sites (N-methyl/N-ethyl adjacent to an activating group) is 1. The second kappa shape index (κ2) is 3.57. The standard InChI is InChI=1S/C7H17N3O/c1-5-10(4)7(2,3)6(8)9-11/h11H,5H2,1-4H3,(H2,8,9). The van der Waals surface area contributed by atoms with Crippen molar-refractivity contribution < 1.29 is 5.21 Å². The monoisotopic (exact) mass is 159 g/mol. The average Bonchev–Trinajstić information content (AvgIpc) is 2.01. The molecule has 0 spiro atoms. The van der Waals surface area contributed by atoms with Crippen molar-refractivity contribution in [3.63, 3.8) is 0 Å². The second-order valence-electron chi connectivity index (χ2n) is 3.06. The van der Waals surface area contributed by atoms with Gasteiger partial charge in [0.1, 0.15) is 0 Å². The maximum atomic E-state index is 8.45. The summed E-state index contributed by atoms with van der Waals surface area (Å²) in [4.78, 5) is 2.00. The maximum Gasteiger partial charge on any atom is 0.159 e.